The highest BCUT2D eigenvalue weighted by molar-refractivity contribution is 7.89. The second kappa shape index (κ2) is 7.35. The number of para-hydroxylation sites is 2. The Kier molecular flexibility index (Phi) is 4.62. The Bertz CT molecular complexity index is 1470. The fraction of sp³-hybridized carbons (Fsp3) is 0. The van der Waals surface area contributed by atoms with E-state index in [4.69, 9.17) is 26.8 Å². The third kappa shape index (κ3) is 3.72. The molecule has 0 spiro atoms. The summed E-state index contributed by atoms with van der Waals surface area (Å²) in [4.78, 5) is 8.09. The third-order valence-corrected chi connectivity index (χ3v) is 6.09. The van der Waals surface area contributed by atoms with E-state index in [1.165, 1.54) is 12.1 Å². The van der Waals surface area contributed by atoms with Crippen LogP contribution in [0.4, 0.5) is 0 Å². The minimum atomic E-state index is -3.77. The van der Waals surface area contributed by atoms with Crippen molar-refractivity contribution >= 4 is 32.7 Å². The summed E-state index contributed by atoms with van der Waals surface area (Å²) < 4.78 is 24.8. The van der Waals surface area contributed by atoms with E-state index in [1.54, 1.807) is 28.9 Å². The lowest BCUT2D eigenvalue weighted by Crippen LogP contribution is -2.12. The monoisotopic (exact) mass is 449 g/mol. The second-order valence-corrected chi connectivity index (χ2v) is 8.98. The van der Waals surface area contributed by atoms with Gasteiger partial charge < -0.3 is 4.98 Å². The number of rotatable bonds is 4. The van der Waals surface area contributed by atoms with E-state index in [-0.39, 0.29) is 4.90 Å². The molecule has 0 atom stereocenters. The molecule has 5 rings (SSSR count). The van der Waals surface area contributed by atoms with Crippen LogP contribution >= 0.6 is 11.6 Å². The van der Waals surface area contributed by atoms with Gasteiger partial charge >= 0.3 is 0 Å². The molecule has 2 heterocycles. The molecular weight excluding hydrogens is 434 g/mol. The van der Waals surface area contributed by atoms with Gasteiger partial charge in [0.05, 0.1) is 27.2 Å². The molecule has 0 aliphatic heterocycles. The topological polar surface area (TPSA) is 107 Å². The van der Waals surface area contributed by atoms with Gasteiger partial charge in [-0.2, -0.15) is 5.10 Å². The van der Waals surface area contributed by atoms with E-state index in [0.29, 0.717) is 22.2 Å². The molecule has 7 nitrogen and oxygen atoms in total. The summed E-state index contributed by atoms with van der Waals surface area (Å²) in [7, 11) is -3.77. The predicted octanol–water partition coefficient (Wildman–Crippen LogP) is 4.38. The summed E-state index contributed by atoms with van der Waals surface area (Å²) in [5.74, 6) is 0.679. The molecule has 154 valence electrons. The van der Waals surface area contributed by atoms with Crippen molar-refractivity contribution in [3.8, 4) is 28.3 Å². The van der Waals surface area contributed by atoms with Gasteiger partial charge in [-0.25, -0.2) is 23.2 Å². The summed E-state index contributed by atoms with van der Waals surface area (Å²) in [6.45, 7) is 0. The molecule has 3 N–H and O–H groups in total. The van der Waals surface area contributed by atoms with E-state index in [0.717, 1.165) is 22.2 Å². The number of halogens is 1. The zero-order valence-electron chi connectivity index (χ0n) is 16.0. The van der Waals surface area contributed by atoms with Crippen molar-refractivity contribution in [2.45, 2.75) is 4.90 Å². The van der Waals surface area contributed by atoms with Crippen molar-refractivity contribution in [2.24, 2.45) is 5.14 Å². The number of nitrogens with one attached hydrogen (secondary N) is 1. The van der Waals surface area contributed by atoms with Crippen LogP contribution in [0.2, 0.25) is 5.02 Å². The van der Waals surface area contributed by atoms with Crippen molar-refractivity contribution in [2.75, 3.05) is 0 Å². The number of H-pyrrole nitrogens is 1. The number of nitrogens with two attached hydrogens (primary N) is 1. The average molecular weight is 450 g/mol. The molecule has 5 aromatic rings. The maximum atomic E-state index is 11.6. The fourth-order valence-electron chi connectivity index (χ4n) is 3.37. The smallest absolute Gasteiger partial charge is 0.238 e. The number of aromatic amines is 1. The number of fused-ring (bicyclic) bond motifs is 1. The molecular formula is C22H16ClN5O2S. The Balaban J connectivity index is 1.67. The highest BCUT2D eigenvalue weighted by Crippen LogP contribution is 2.32. The Labute approximate surface area is 183 Å². The van der Waals surface area contributed by atoms with Crippen LogP contribution in [0.3, 0.4) is 0 Å². The van der Waals surface area contributed by atoms with Gasteiger partial charge in [0.2, 0.25) is 10.0 Å². The van der Waals surface area contributed by atoms with E-state index < -0.39 is 10.0 Å². The van der Waals surface area contributed by atoms with Gasteiger partial charge in [0.25, 0.3) is 0 Å². The van der Waals surface area contributed by atoms with Crippen LogP contribution in [0.1, 0.15) is 0 Å². The van der Waals surface area contributed by atoms with Crippen molar-refractivity contribution in [3.63, 3.8) is 0 Å². The number of hydrogen-bond donors (Lipinski definition) is 2. The minimum Gasteiger partial charge on any atom is -0.338 e. The average Bonchev–Trinajstić information content (AvgIpc) is 3.38. The third-order valence-electron chi connectivity index (χ3n) is 4.91. The van der Waals surface area contributed by atoms with Crippen LogP contribution < -0.4 is 5.14 Å². The van der Waals surface area contributed by atoms with Gasteiger partial charge in [-0.1, -0.05) is 35.9 Å². The summed E-state index contributed by atoms with van der Waals surface area (Å²) in [6.07, 6.45) is 1.85. The maximum absolute atomic E-state index is 11.6. The first kappa shape index (κ1) is 19.5. The molecule has 31 heavy (non-hydrogen) atoms. The molecule has 0 bridgehead atoms. The normalized spacial score (nSPS) is 11.8. The lowest BCUT2D eigenvalue weighted by molar-refractivity contribution is 0.598. The summed E-state index contributed by atoms with van der Waals surface area (Å²) in [5.41, 5.74) is 4.85. The summed E-state index contributed by atoms with van der Waals surface area (Å²) in [5, 5.41) is 10.6. The van der Waals surface area contributed by atoms with Crippen LogP contribution in [-0.4, -0.2) is 28.2 Å². The number of imidazole rings is 1. The molecule has 0 fully saturated rings. The van der Waals surface area contributed by atoms with Gasteiger partial charge in [0.15, 0.2) is 0 Å². The molecule has 9 heteroatoms. The van der Waals surface area contributed by atoms with Gasteiger partial charge in [-0.15, -0.1) is 0 Å². The zero-order chi connectivity index (χ0) is 21.6. The van der Waals surface area contributed by atoms with Crippen molar-refractivity contribution < 1.29 is 8.42 Å². The highest BCUT2D eigenvalue weighted by atomic mass is 35.5. The Hall–Kier alpha value is -3.46. The first-order valence-electron chi connectivity index (χ1n) is 9.32. The first-order valence-corrected chi connectivity index (χ1v) is 11.2. The molecule has 0 unspecified atom stereocenters. The maximum Gasteiger partial charge on any atom is 0.238 e. The number of nitrogens with zero attached hydrogens (tertiary/aromatic N) is 3. The Morgan fingerprint density at radius 3 is 2.32 bits per heavy atom. The molecule has 0 saturated heterocycles. The van der Waals surface area contributed by atoms with Crippen LogP contribution in [0.5, 0.6) is 0 Å². The molecule has 0 saturated carbocycles. The predicted molar refractivity (Wildman–Crippen MR) is 120 cm³/mol. The zero-order valence-corrected chi connectivity index (χ0v) is 17.6. The Morgan fingerprint density at radius 1 is 0.935 bits per heavy atom. The number of sulfonamides is 1. The molecule has 2 aromatic heterocycles. The van der Waals surface area contributed by atoms with Crippen molar-refractivity contribution in [1.82, 2.24) is 19.7 Å². The van der Waals surface area contributed by atoms with Crippen LogP contribution in [0.25, 0.3) is 39.4 Å². The quantitative estimate of drug-likeness (QED) is 0.424. The second-order valence-electron chi connectivity index (χ2n) is 6.98. The number of benzene rings is 3. The van der Waals surface area contributed by atoms with Crippen molar-refractivity contribution in [3.05, 3.63) is 84.0 Å². The molecule has 0 aliphatic carbocycles. The number of hydrogen-bond acceptors (Lipinski definition) is 4. The molecule has 0 aliphatic rings. The largest absolute Gasteiger partial charge is 0.338 e. The highest BCUT2D eigenvalue weighted by Gasteiger charge is 2.18. The fourth-order valence-corrected chi connectivity index (χ4v) is 4.01. The van der Waals surface area contributed by atoms with Crippen LogP contribution in [0, 0.1) is 0 Å². The summed E-state index contributed by atoms with van der Waals surface area (Å²) >= 11 is 6.06. The molecule has 3 aromatic carbocycles. The van der Waals surface area contributed by atoms with Gasteiger partial charge in [0.1, 0.15) is 11.5 Å². The van der Waals surface area contributed by atoms with Crippen LogP contribution in [-0.2, 0) is 10.0 Å². The van der Waals surface area contributed by atoms with Crippen molar-refractivity contribution in [1.29, 1.82) is 0 Å². The Morgan fingerprint density at radius 2 is 1.65 bits per heavy atom. The van der Waals surface area contributed by atoms with E-state index in [2.05, 4.69) is 4.98 Å². The standard InChI is InChI=1S/C22H16ClN5O2S/c23-15-7-5-14(6-8-15)21-18(22-25-19-3-1-2-4-20(19)26-22)13-28(27-21)16-9-11-17(12-10-16)31(24,29)30/h1-13H,(H,25,26)(H2,24,29,30). The number of primary sulfonamides is 1. The molecule has 0 amide bonds. The van der Waals surface area contributed by atoms with Gasteiger partial charge in [-0.05, 0) is 48.5 Å². The number of aromatic nitrogens is 4. The van der Waals surface area contributed by atoms with Crippen LogP contribution in [0.15, 0.2) is 83.9 Å². The SMILES string of the molecule is NS(=O)(=O)c1ccc(-n2cc(-c3nc4ccccc4[nH]3)c(-c3ccc(Cl)cc3)n2)cc1. The molecule has 0 radical (unpaired) electrons. The lowest BCUT2D eigenvalue weighted by atomic mass is 10.1. The summed E-state index contributed by atoms with van der Waals surface area (Å²) in [6, 6.07) is 21.4. The minimum absolute atomic E-state index is 0.0406. The van der Waals surface area contributed by atoms with Gasteiger partial charge in [0, 0.05) is 16.8 Å². The van der Waals surface area contributed by atoms with E-state index in [1.807, 2.05) is 42.6 Å². The lowest BCUT2D eigenvalue weighted by Gasteiger charge is -2.03. The first-order chi connectivity index (χ1) is 14.9. The van der Waals surface area contributed by atoms with E-state index >= 15 is 0 Å². The van der Waals surface area contributed by atoms with E-state index in [9.17, 15) is 8.42 Å². The van der Waals surface area contributed by atoms with Gasteiger partial charge in [-0.3, -0.25) is 0 Å².